The Balaban J connectivity index is 1.56. The molecule has 7 nitrogen and oxygen atoms in total. The Morgan fingerprint density at radius 3 is 2.53 bits per heavy atom. The summed E-state index contributed by atoms with van der Waals surface area (Å²) in [5, 5.41) is 3.92. The predicted molar refractivity (Wildman–Crippen MR) is 149 cm³/mol. The van der Waals surface area contributed by atoms with Gasteiger partial charge < -0.3 is 14.6 Å². The van der Waals surface area contributed by atoms with Gasteiger partial charge >= 0.3 is 0 Å². The van der Waals surface area contributed by atoms with Gasteiger partial charge in [0.2, 0.25) is 10.0 Å². The molecule has 3 heterocycles. The Hall–Kier alpha value is -3.21. The van der Waals surface area contributed by atoms with Gasteiger partial charge in [-0.05, 0) is 85.4 Å². The number of hydrogen-bond acceptors (Lipinski definition) is 5. The maximum atomic E-state index is 11.6. The van der Waals surface area contributed by atoms with Crippen LogP contribution in [0.25, 0.3) is 11.3 Å². The van der Waals surface area contributed by atoms with E-state index in [0.717, 1.165) is 44.8 Å². The summed E-state index contributed by atoms with van der Waals surface area (Å²) in [6.07, 6.45) is 2.87. The second kappa shape index (κ2) is 9.68. The number of aromatic nitrogens is 1. The SMILES string of the molecule is Cc1ccc(-c2ccc([C@@H]3[C@H](c4ccccn4)NC(=S)N3c3ccc(NS(C)(=O)=O)cc3)o2)c(Br)c1. The highest BCUT2D eigenvalue weighted by Gasteiger charge is 2.42. The first-order valence-electron chi connectivity index (χ1n) is 11.1. The fourth-order valence-corrected chi connectivity index (χ4v) is 5.90. The van der Waals surface area contributed by atoms with Crippen molar-refractivity contribution >= 4 is 54.7 Å². The van der Waals surface area contributed by atoms with E-state index in [2.05, 4.69) is 37.0 Å². The number of nitrogens with one attached hydrogen (secondary N) is 2. The largest absolute Gasteiger partial charge is 0.459 e. The zero-order valence-electron chi connectivity index (χ0n) is 19.5. The number of sulfonamides is 1. The van der Waals surface area contributed by atoms with Crippen molar-refractivity contribution in [2.45, 2.75) is 19.0 Å². The monoisotopic (exact) mass is 582 g/mol. The molecule has 0 radical (unpaired) electrons. The molecule has 1 saturated heterocycles. The molecule has 1 aliphatic heterocycles. The first-order chi connectivity index (χ1) is 17.2. The van der Waals surface area contributed by atoms with Gasteiger partial charge in [-0.2, -0.15) is 0 Å². The van der Waals surface area contributed by atoms with Crippen LogP contribution in [0.3, 0.4) is 0 Å². The van der Waals surface area contributed by atoms with Crippen molar-refractivity contribution in [1.82, 2.24) is 10.3 Å². The Bertz CT molecular complexity index is 1520. The van der Waals surface area contributed by atoms with Crippen LogP contribution in [0.1, 0.15) is 29.1 Å². The summed E-state index contributed by atoms with van der Waals surface area (Å²) in [7, 11) is -3.38. The van der Waals surface area contributed by atoms with E-state index in [-0.39, 0.29) is 12.1 Å². The van der Waals surface area contributed by atoms with Crippen molar-refractivity contribution in [3.05, 3.63) is 100 Å². The van der Waals surface area contributed by atoms with E-state index in [0.29, 0.717) is 10.8 Å². The van der Waals surface area contributed by atoms with Crippen LogP contribution in [0.2, 0.25) is 0 Å². The van der Waals surface area contributed by atoms with E-state index >= 15 is 0 Å². The molecule has 1 fully saturated rings. The molecule has 2 aromatic carbocycles. The average Bonchev–Trinajstić information content (AvgIpc) is 3.44. The van der Waals surface area contributed by atoms with E-state index < -0.39 is 10.0 Å². The van der Waals surface area contributed by atoms with E-state index in [1.54, 1.807) is 18.3 Å². The Morgan fingerprint density at radius 1 is 1.08 bits per heavy atom. The van der Waals surface area contributed by atoms with Crippen LogP contribution in [0.5, 0.6) is 0 Å². The van der Waals surface area contributed by atoms with Gasteiger partial charge in [0.05, 0.1) is 18.0 Å². The van der Waals surface area contributed by atoms with Crippen LogP contribution >= 0.6 is 28.1 Å². The normalized spacial score (nSPS) is 17.8. The minimum absolute atomic E-state index is 0.257. The van der Waals surface area contributed by atoms with Gasteiger partial charge in [-0.15, -0.1) is 0 Å². The molecule has 2 N–H and O–H groups in total. The fraction of sp³-hybridized carbons (Fsp3) is 0.154. The fourth-order valence-electron chi connectivity index (χ4n) is 4.30. The second-order valence-corrected chi connectivity index (χ2v) is 11.6. The van der Waals surface area contributed by atoms with Crippen LogP contribution in [0, 0.1) is 6.92 Å². The molecule has 5 rings (SSSR count). The van der Waals surface area contributed by atoms with Crippen molar-refractivity contribution in [3.63, 3.8) is 0 Å². The molecule has 36 heavy (non-hydrogen) atoms. The topological polar surface area (TPSA) is 87.5 Å². The molecule has 0 aliphatic carbocycles. The molecule has 1 aliphatic rings. The molecule has 2 atom stereocenters. The molecule has 184 valence electrons. The summed E-state index contributed by atoms with van der Waals surface area (Å²) in [4.78, 5) is 6.55. The summed E-state index contributed by atoms with van der Waals surface area (Å²) in [5.74, 6) is 1.46. The molecule has 4 aromatic rings. The third-order valence-corrected chi connectivity index (χ3v) is 7.43. The lowest BCUT2D eigenvalue weighted by molar-refractivity contribution is 0.439. The molecular formula is C26H23BrN4O3S2. The summed E-state index contributed by atoms with van der Waals surface area (Å²) < 4.78 is 33.1. The van der Waals surface area contributed by atoms with E-state index in [1.807, 2.05) is 66.4 Å². The molecule has 10 heteroatoms. The number of thiocarbonyl (C=S) groups is 1. The van der Waals surface area contributed by atoms with Crippen LogP contribution in [-0.4, -0.2) is 24.8 Å². The van der Waals surface area contributed by atoms with E-state index in [4.69, 9.17) is 16.6 Å². The molecule has 0 saturated carbocycles. The van der Waals surface area contributed by atoms with Crippen LogP contribution in [0.4, 0.5) is 11.4 Å². The predicted octanol–water partition coefficient (Wildman–Crippen LogP) is 5.96. The van der Waals surface area contributed by atoms with Crippen molar-refractivity contribution < 1.29 is 12.8 Å². The molecule has 0 unspecified atom stereocenters. The molecule has 0 spiro atoms. The zero-order chi connectivity index (χ0) is 25.4. The molecule has 2 aromatic heterocycles. The summed E-state index contributed by atoms with van der Waals surface area (Å²) in [5.41, 5.74) is 4.21. The highest BCUT2D eigenvalue weighted by Crippen LogP contribution is 2.43. The number of rotatable bonds is 6. The van der Waals surface area contributed by atoms with Gasteiger partial charge in [-0.25, -0.2) is 8.42 Å². The third kappa shape index (κ3) is 5.02. The smallest absolute Gasteiger partial charge is 0.229 e. The van der Waals surface area contributed by atoms with Gasteiger partial charge in [-0.3, -0.25) is 9.71 Å². The van der Waals surface area contributed by atoms with Gasteiger partial charge in [0.1, 0.15) is 17.6 Å². The van der Waals surface area contributed by atoms with Crippen molar-refractivity contribution in [2.75, 3.05) is 15.9 Å². The standard InChI is InChI=1S/C26H23BrN4O3S2/c1-16-6-11-19(20(27)15-16)22-12-13-23(34-22)25-24(21-5-3-4-14-28-21)29-26(35)31(25)18-9-7-17(8-10-18)30-36(2,32)33/h3-15,24-25,30H,1-2H3,(H,29,35)/t24-,25+/m0/s1. The number of benzene rings is 2. The van der Waals surface area contributed by atoms with Crippen LogP contribution in [0.15, 0.2) is 87.9 Å². The third-order valence-electron chi connectivity index (χ3n) is 5.86. The first-order valence-corrected chi connectivity index (χ1v) is 14.2. The number of hydrogen-bond donors (Lipinski definition) is 2. The van der Waals surface area contributed by atoms with E-state index in [9.17, 15) is 8.42 Å². The highest BCUT2D eigenvalue weighted by molar-refractivity contribution is 9.10. The van der Waals surface area contributed by atoms with Crippen LogP contribution < -0.4 is 14.9 Å². The Labute approximate surface area is 223 Å². The Morgan fingerprint density at radius 2 is 1.86 bits per heavy atom. The zero-order valence-corrected chi connectivity index (χ0v) is 22.7. The summed E-state index contributed by atoms with van der Waals surface area (Å²) in [6, 6.07) is 22.3. The average molecular weight is 584 g/mol. The lowest BCUT2D eigenvalue weighted by atomic mass is 10.0. The maximum absolute atomic E-state index is 11.6. The number of pyridine rings is 1. The summed E-state index contributed by atoms with van der Waals surface area (Å²) >= 11 is 9.41. The number of anilines is 2. The molecular weight excluding hydrogens is 560 g/mol. The van der Waals surface area contributed by atoms with Gasteiger partial charge in [0.15, 0.2) is 5.11 Å². The van der Waals surface area contributed by atoms with Crippen molar-refractivity contribution in [2.24, 2.45) is 0 Å². The van der Waals surface area contributed by atoms with Crippen molar-refractivity contribution in [3.8, 4) is 11.3 Å². The number of nitrogens with zero attached hydrogens (tertiary/aromatic N) is 2. The Kier molecular flexibility index (Phi) is 6.59. The highest BCUT2D eigenvalue weighted by atomic mass is 79.9. The maximum Gasteiger partial charge on any atom is 0.229 e. The number of halogens is 1. The lowest BCUT2D eigenvalue weighted by Gasteiger charge is -2.26. The number of furan rings is 1. The van der Waals surface area contributed by atoms with Crippen LogP contribution in [-0.2, 0) is 10.0 Å². The minimum atomic E-state index is -3.38. The first kappa shape index (κ1) is 24.5. The van der Waals surface area contributed by atoms with Gasteiger partial charge in [-0.1, -0.05) is 28.1 Å². The lowest BCUT2D eigenvalue weighted by Crippen LogP contribution is -2.29. The van der Waals surface area contributed by atoms with Gasteiger partial charge in [0.25, 0.3) is 0 Å². The molecule has 0 amide bonds. The summed E-state index contributed by atoms with van der Waals surface area (Å²) in [6.45, 7) is 2.04. The minimum Gasteiger partial charge on any atom is -0.459 e. The second-order valence-electron chi connectivity index (χ2n) is 8.60. The van der Waals surface area contributed by atoms with Gasteiger partial charge in [0, 0.05) is 27.6 Å². The molecule has 0 bridgehead atoms. The van der Waals surface area contributed by atoms with E-state index in [1.165, 1.54) is 0 Å². The quantitative estimate of drug-likeness (QED) is 0.271. The van der Waals surface area contributed by atoms with Crippen molar-refractivity contribution in [1.29, 1.82) is 0 Å². The number of aryl methyl sites for hydroxylation is 1.